The highest BCUT2D eigenvalue weighted by Crippen LogP contribution is 2.25. The van der Waals surface area contributed by atoms with Crippen molar-refractivity contribution >= 4 is 10.8 Å². The molecule has 6 aromatic rings. The van der Waals surface area contributed by atoms with E-state index in [-0.39, 0.29) is 0 Å². The lowest BCUT2D eigenvalue weighted by Gasteiger charge is -2.08. The van der Waals surface area contributed by atoms with Gasteiger partial charge in [-0.05, 0) is 33.5 Å². The average Bonchev–Trinajstić information content (AvgIpc) is 3.46. The molecule has 0 saturated heterocycles. The van der Waals surface area contributed by atoms with Crippen LogP contribution in [0.5, 0.6) is 0 Å². The number of fused-ring (bicyclic) bond motifs is 1. The van der Waals surface area contributed by atoms with Crippen molar-refractivity contribution in [3.8, 4) is 33.6 Å². The van der Waals surface area contributed by atoms with Crippen molar-refractivity contribution in [2.45, 2.75) is 0 Å². The molecule has 6 heteroatoms. The fourth-order valence-electron chi connectivity index (χ4n) is 4.28. The van der Waals surface area contributed by atoms with Gasteiger partial charge in [0.05, 0.1) is 17.6 Å². The smallest absolute Gasteiger partial charge is 0.311 e. The summed E-state index contributed by atoms with van der Waals surface area (Å²) in [4.78, 5) is 31.2. The van der Waals surface area contributed by atoms with Gasteiger partial charge in [-0.1, -0.05) is 91.0 Å². The fourth-order valence-corrected chi connectivity index (χ4v) is 4.28. The van der Waals surface area contributed by atoms with Gasteiger partial charge >= 0.3 is 11.4 Å². The second kappa shape index (κ2) is 7.94. The number of H-pyrrole nitrogens is 2. The molecule has 0 unspecified atom stereocenters. The van der Waals surface area contributed by atoms with Gasteiger partial charge in [-0.15, -0.1) is 0 Å². The average molecular weight is 444 g/mol. The van der Waals surface area contributed by atoms with E-state index >= 15 is 0 Å². The van der Waals surface area contributed by atoms with Crippen molar-refractivity contribution in [3.05, 3.63) is 130 Å². The number of imidazole rings is 2. The maximum Gasteiger partial charge on any atom is 0.345 e. The Kier molecular flexibility index (Phi) is 4.63. The van der Waals surface area contributed by atoms with Gasteiger partial charge in [0.2, 0.25) is 0 Å². The molecule has 0 fully saturated rings. The Bertz CT molecular complexity index is 1740. The molecular weight excluding hydrogens is 424 g/mol. The fraction of sp³-hybridized carbons (Fsp3) is 0. The molecule has 0 aliphatic carbocycles. The number of hydrogen-bond acceptors (Lipinski definition) is 2. The minimum absolute atomic E-state index is 0.393. The highest BCUT2D eigenvalue weighted by Gasteiger charge is 2.15. The third-order valence-electron chi connectivity index (χ3n) is 6.02. The third-order valence-corrected chi connectivity index (χ3v) is 6.02. The Morgan fingerprint density at radius 3 is 2.03 bits per heavy atom. The number of rotatable bonds is 4. The van der Waals surface area contributed by atoms with E-state index in [0.717, 1.165) is 33.0 Å². The van der Waals surface area contributed by atoms with Gasteiger partial charge in [0.1, 0.15) is 0 Å². The lowest BCUT2D eigenvalue weighted by Crippen LogP contribution is -2.31. The number of hydrogen-bond donors (Lipinski definition) is 2. The maximum atomic E-state index is 12.9. The molecule has 2 aromatic heterocycles. The van der Waals surface area contributed by atoms with Gasteiger partial charge in [0, 0.05) is 11.8 Å². The standard InChI is InChI=1S/C28H20N4O2/c33-27-29-17-26(24-15-12-20-8-4-5-9-23(20)16-24)32(27)31-18-25(30-28(31)34)22-13-10-21(11-14-22)19-6-2-1-3-7-19/h1-18H,(H,29,33)(H,30,34). The van der Waals surface area contributed by atoms with Crippen LogP contribution in [0.2, 0.25) is 0 Å². The molecule has 0 saturated carbocycles. The quantitative estimate of drug-likeness (QED) is 0.395. The van der Waals surface area contributed by atoms with Gasteiger partial charge in [-0.3, -0.25) is 0 Å². The molecule has 4 aromatic carbocycles. The first-order valence-electron chi connectivity index (χ1n) is 11.0. The summed E-state index contributed by atoms with van der Waals surface area (Å²) in [6.07, 6.45) is 3.28. The second-order valence-electron chi connectivity index (χ2n) is 8.11. The normalized spacial score (nSPS) is 11.2. The van der Waals surface area contributed by atoms with Crippen molar-refractivity contribution < 1.29 is 0 Å². The minimum atomic E-state index is -0.397. The summed E-state index contributed by atoms with van der Waals surface area (Å²) in [5.41, 5.74) is 4.34. The van der Waals surface area contributed by atoms with Crippen LogP contribution in [0, 0.1) is 0 Å². The first-order valence-corrected chi connectivity index (χ1v) is 11.0. The first kappa shape index (κ1) is 19.8. The summed E-state index contributed by atoms with van der Waals surface area (Å²) in [5, 5.41) is 2.16. The van der Waals surface area contributed by atoms with Crippen LogP contribution in [0.3, 0.4) is 0 Å². The molecule has 0 amide bonds. The molecule has 6 rings (SSSR count). The lowest BCUT2D eigenvalue weighted by atomic mass is 10.0. The molecule has 2 heterocycles. The van der Waals surface area contributed by atoms with E-state index in [1.54, 1.807) is 12.4 Å². The Balaban J connectivity index is 1.41. The summed E-state index contributed by atoms with van der Waals surface area (Å²) >= 11 is 0. The van der Waals surface area contributed by atoms with Crippen LogP contribution in [0.25, 0.3) is 44.4 Å². The van der Waals surface area contributed by atoms with Gasteiger partial charge in [-0.2, -0.15) is 9.35 Å². The van der Waals surface area contributed by atoms with Crippen LogP contribution >= 0.6 is 0 Å². The van der Waals surface area contributed by atoms with E-state index in [0.29, 0.717) is 11.4 Å². The SMILES string of the molecule is O=c1[nH]c(-c2ccc(-c3ccccc3)cc2)cn1-n1c(-c2ccc3ccccc3c2)c[nH]c1=O. The van der Waals surface area contributed by atoms with Gasteiger partial charge in [-0.25, -0.2) is 9.59 Å². The van der Waals surface area contributed by atoms with Crippen LogP contribution in [0.1, 0.15) is 0 Å². The van der Waals surface area contributed by atoms with Crippen LogP contribution in [-0.4, -0.2) is 19.3 Å². The van der Waals surface area contributed by atoms with Gasteiger partial charge < -0.3 is 9.97 Å². The highest BCUT2D eigenvalue weighted by molar-refractivity contribution is 5.86. The molecule has 0 atom stereocenters. The monoisotopic (exact) mass is 444 g/mol. The molecule has 0 spiro atoms. The summed E-state index contributed by atoms with van der Waals surface area (Å²) < 4.78 is 2.66. The topological polar surface area (TPSA) is 75.6 Å². The Morgan fingerprint density at radius 1 is 0.588 bits per heavy atom. The molecule has 0 radical (unpaired) electrons. The molecule has 34 heavy (non-hydrogen) atoms. The zero-order valence-corrected chi connectivity index (χ0v) is 18.1. The lowest BCUT2D eigenvalue weighted by molar-refractivity contribution is 0.615. The number of benzene rings is 4. The zero-order chi connectivity index (χ0) is 23.1. The number of nitrogens with zero attached hydrogens (tertiary/aromatic N) is 2. The Morgan fingerprint density at radius 2 is 1.24 bits per heavy atom. The summed E-state index contributed by atoms with van der Waals surface area (Å²) in [5.74, 6) is 0. The van der Waals surface area contributed by atoms with Crippen LogP contribution in [0.15, 0.2) is 119 Å². The molecule has 2 N–H and O–H groups in total. The molecule has 0 aliphatic heterocycles. The second-order valence-corrected chi connectivity index (χ2v) is 8.11. The molecule has 0 bridgehead atoms. The van der Waals surface area contributed by atoms with Gasteiger partial charge in [0.15, 0.2) is 0 Å². The third kappa shape index (κ3) is 3.38. The van der Waals surface area contributed by atoms with Crippen molar-refractivity contribution in [2.24, 2.45) is 0 Å². The minimum Gasteiger partial charge on any atom is -0.311 e. The Hall–Kier alpha value is -4.84. The zero-order valence-electron chi connectivity index (χ0n) is 18.1. The molecule has 164 valence electrons. The summed E-state index contributed by atoms with van der Waals surface area (Å²) in [6.45, 7) is 0. The van der Waals surface area contributed by atoms with Crippen molar-refractivity contribution in [1.29, 1.82) is 0 Å². The van der Waals surface area contributed by atoms with Gasteiger partial charge in [0.25, 0.3) is 0 Å². The first-order chi connectivity index (χ1) is 16.7. The predicted molar refractivity (Wildman–Crippen MR) is 135 cm³/mol. The number of aromatic amines is 2. The molecule has 0 aliphatic rings. The van der Waals surface area contributed by atoms with Crippen molar-refractivity contribution in [2.75, 3.05) is 0 Å². The van der Waals surface area contributed by atoms with E-state index in [1.165, 1.54) is 9.35 Å². The van der Waals surface area contributed by atoms with Crippen molar-refractivity contribution in [3.63, 3.8) is 0 Å². The highest BCUT2D eigenvalue weighted by atomic mass is 16.2. The summed E-state index contributed by atoms with van der Waals surface area (Å²) in [7, 11) is 0. The van der Waals surface area contributed by atoms with E-state index in [1.807, 2.05) is 84.9 Å². The van der Waals surface area contributed by atoms with E-state index < -0.39 is 11.4 Å². The largest absolute Gasteiger partial charge is 0.345 e. The van der Waals surface area contributed by atoms with E-state index in [2.05, 4.69) is 22.1 Å². The van der Waals surface area contributed by atoms with E-state index in [4.69, 9.17) is 0 Å². The number of nitrogens with one attached hydrogen (secondary N) is 2. The predicted octanol–water partition coefficient (Wildman–Crippen LogP) is 5.13. The number of aromatic nitrogens is 4. The van der Waals surface area contributed by atoms with Crippen LogP contribution < -0.4 is 11.4 Å². The van der Waals surface area contributed by atoms with Crippen LogP contribution in [0.4, 0.5) is 0 Å². The molecular formula is C28H20N4O2. The molecule has 6 nitrogen and oxygen atoms in total. The Labute approximate surface area is 194 Å². The summed E-state index contributed by atoms with van der Waals surface area (Å²) in [6, 6.07) is 32.0. The van der Waals surface area contributed by atoms with E-state index in [9.17, 15) is 9.59 Å². The maximum absolute atomic E-state index is 12.9. The van der Waals surface area contributed by atoms with Crippen molar-refractivity contribution in [1.82, 2.24) is 19.3 Å². The van der Waals surface area contributed by atoms with Crippen LogP contribution in [-0.2, 0) is 0 Å².